The molecule has 1 atom stereocenters. The molecule has 0 aliphatic heterocycles. The maximum Gasteiger partial charge on any atom is 0.305 e. The van der Waals surface area contributed by atoms with Gasteiger partial charge in [-0.15, -0.1) is 0 Å². The third-order valence-corrected chi connectivity index (χ3v) is 4.87. The molecule has 1 N–H and O–H groups in total. The summed E-state index contributed by atoms with van der Waals surface area (Å²) >= 11 is 3.32. The highest BCUT2D eigenvalue weighted by Crippen LogP contribution is 2.14. The van der Waals surface area contributed by atoms with Crippen LogP contribution < -0.4 is 0 Å². The molecule has 1 rings (SSSR count). The normalized spacial score (nSPS) is 11.9. The third kappa shape index (κ3) is 6.86. The van der Waals surface area contributed by atoms with Crippen molar-refractivity contribution in [1.29, 1.82) is 0 Å². The molecule has 0 saturated heterocycles. The minimum Gasteiger partial charge on any atom is -0.481 e. The first kappa shape index (κ1) is 17.8. The van der Waals surface area contributed by atoms with Crippen molar-refractivity contribution in [2.24, 2.45) is 0 Å². The summed E-state index contributed by atoms with van der Waals surface area (Å²) in [7, 11) is 0.462. The monoisotopic (exact) mass is 375 g/mol. The zero-order chi connectivity index (χ0) is 15.8. The van der Waals surface area contributed by atoms with Gasteiger partial charge >= 0.3 is 5.97 Å². The lowest BCUT2D eigenvalue weighted by molar-refractivity contribution is -0.138. The van der Waals surface area contributed by atoms with Gasteiger partial charge in [-0.2, -0.15) is 0 Å². The Bertz CT molecular complexity index is 518. The van der Waals surface area contributed by atoms with Gasteiger partial charge in [-0.3, -0.25) is 13.8 Å². The first-order valence-corrected chi connectivity index (χ1v) is 8.61. The molecular formula is C14H18BrNO4S. The Morgan fingerprint density at radius 1 is 1.24 bits per heavy atom. The van der Waals surface area contributed by atoms with Crippen molar-refractivity contribution in [2.75, 3.05) is 19.3 Å². The van der Waals surface area contributed by atoms with E-state index in [1.54, 1.807) is 19.2 Å². The largest absolute Gasteiger partial charge is 0.481 e. The van der Waals surface area contributed by atoms with Crippen LogP contribution in [0.2, 0.25) is 0 Å². The van der Waals surface area contributed by atoms with E-state index in [4.69, 9.17) is 5.11 Å². The lowest BCUT2D eigenvalue weighted by Gasteiger charge is -2.15. The van der Waals surface area contributed by atoms with E-state index in [0.29, 0.717) is 12.2 Å². The molecule has 7 heteroatoms. The highest BCUT2D eigenvalue weighted by molar-refractivity contribution is 9.10. The van der Waals surface area contributed by atoms with Crippen LogP contribution in [-0.2, 0) is 20.4 Å². The Kier molecular flexibility index (Phi) is 7.60. The minimum absolute atomic E-state index is 0.0624. The summed E-state index contributed by atoms with van der Waals surface area (Å²) in [6.07, 6.45) is 0.727. The number of hydrogen-bond donors (Lipinski definition) is 1. The number of rotatable bonds is 8. The number of benzene rings is 1. The first-order chi connectivity index (χ1) is 9.90. The molecule has 1 unspecified atom stereocenters. The smallest absolute Gasteiger partial charge is 0.305 e. The second kappa shape index (κ2) is 8.94. The van der Waals surface area contributed by atoms with Crippen LogP contribution >= 0.6 is 15.9 Å². The van der Waals surface area contributed by atoms with Crippen molar-refractivity contribution in [3.8, 4) is 0 Å². The van der Waals surface area contributed by atoms with E-state index in [1.807, 2.05) is 12.1 Å². The quantitative estimate of drug-likeness (QED) is 0.755. The van der Waals surface area contributed by atoms with E-state index in [2.05, 4.69) is 15.9 Å². The fourth-order valence-corrected chi connectivity index (χ4v) is 2.98. The first-order valence-electron chi connectivity index (χ1n) is 6.50. The Morgan fingerprint density at radius 3 is 2.43 bits per heavy atom. The molecule has 0 aliphatic carbocycles. The molecule has 0 spiro atoms. The fourth-order valence-electron chi connectivity index (χ4n) is 1.64. The predicted octanol–water partition coefficient (Wildman–Crippen LogP) is 2.27. The van der Waals surface area contributed by atoms with Crippen LogP contribution in [0.25, 0.3) is 0 Å². The van der Waals surface area contributed by atoms with Crippen LogP contribution in [0.15, 0.2) is 33.6 Å². The number of carboxylic acid groups (broad SMARTS) is 1. The lowest BCUT2D eigenvalue weighted by atomic mass is 10.3. The second-order valence-corrected chi connectivity index (χ2v) is 7.05. The van der Waals surface area contributed by atoms with Crippen molar-refractivity contribution in [3.63, 3.8) is 0 Å². The number of carbonyl (C=O) groups is 2. The zero-order valence-corrected chi connectivity index (χ0v) is 14.2. The number of amides is 1. The van der Waals surface area contributed by atoms with Crippen molar-refractivity contribution < 1.29 is 18.9 Å². The van der Waals surface area contributed by atoms with E-state index in [1.165, 1.54) is 4.90 Å². The number of aliphatic carboxylic acids is 1. The maximum atomic E-state index is 12.0. The molecule has 21 heavy (non-hydrogen) atoms. The van der Waals surface area contributed by atoms with Gasteiger partial charge in [0.1, 0.15) is 0 Å². The third-order valence-electron chi connectivity index (χ3n) is 2.88. The van der Waals surface area contributed by atoms with Gasteiger partial charge in [0.2, 0.25) is 5.91 Å². The Labute approximate surface area is 134 Å². The van der Waals surface area contributed by atoms with Crippen LogP contribution in [0.1, 0.15) is 19.3 Å². The average molecular weight is 376 g/mol. The van der Waals surface area contributed by atoms with Gasteiger partial charge in [-0.05, 0) is 30.7 Å². The molecule has 0 radical (unpaired) electrons. The number of carbonyl (C=O) groups excluding carboxylic acids is 1. The summed E-state index contributed by atoms with van der Waals surface area (Å²) < 4.78 is 12.9. The van der Waals surface area contributed by atoms with Crippen molar-refractivity contribution in [3.05, 3.63) is 28.7 Å². The molecule has 1 amide bonds. The van der Waals surface area contributed by atoms with Crippen LogP contribution in [0.3, 0.4) is 0 Å². The Hall–Kier alpha value is -1.21. The topological polar surface area (TPSA) is 74.7 Å². The fraction of sp³-hybridized carbons (Fsp3) is 0.429. The molecule has 0 saturated carbocycles. The summed E-state index contributed by atoms with van der Waals surface area (Å²) in [5, 5.41) is 8.56. The van der Waals surface area contributed by atoms with E-state index in [0.717, 1.165) is 9.37 Å². The van der Waals surface area contributed by atoms with Crippen molar-refractivity contribution >= 4 is 38.6 Å². The van der Waals surface area contributed by atoms with Crippen LogP contribution in [0.4, 0.5) is 0 Å². The van der Waals surface area contributed by atoms with Crippen molar-refractivity contribution in [1.82, 2.24) is 4.90 Å². The van der Waals surface area contributed by atoms with Crippen LogP contribution in [-0.4, -0.2) is 45.4 Å². The number of nitrogens with zero attached hydrogens (tertiary/aromatic N) is 1. The SMILES string of the molecule is CN(CCC(=O)O)C(=O)CCCS(=O)c1ccc(Br)cc1. The van der Waals surface area contributed by atoms with E-state index >= 15 is 0 Å². The highest BCUT2D eigenvalue weighted by Gasteiger charge is 2.11. The molecule has 0 aromatic heterocycles. The lowest BCUT2D eigenvalue weighted by Crippen LogP contribution is -2.29. The van der Waals surface area contributed by atoms with Gasteiger partial charge < -0.3 is 10.0 Å². The summed E-state index contributed by atoms with van der Waals surface area (Å²) in [5.41, 5.74) is 0. The highest BCUT2D eigenvalue weighted by atomic mass is 79.9. The van der Waals surface area contributed by atoms with Gasteiger partial charge in [0.05, 0.1) is 17.2 Å². The Balaban J connectivity index is 2.32. The average Bonchev–Trinajstić information content (AvgIpc) is 2.45. The number of hydrogen-bond acceptors (Lipinski definition) is 3. The van der Waals surface area contributed by atoms with E-state index < -0.39 is 16.8 Å². The van der Waals surface area contributed by atoms with E-state index in [-0.39, 0.29) is 25.3 Å². The maximum absolute atomic E-state index is 12.0. The van der Waals surface area contributed by atoms with Gasteiger partial charge in [0, 0.05) is 35.1 Å². The van der Waals surface area contributed by atoms with Gasteiger partial charge in [-0.25, -0.2) is 0 Å². The van der Waals surface area contributed by atoms with Gasteiger partial charge in [0.15, 0.2) is 0 Å². The number of halogens is 1. The standard InChI is InChI=1S/C14H18BrNO4S/c1-16(9-8-14(18)19)13(17)3-2-10-21(20)12-6-4-11(15)5-7-12/h4-7H,2-3,8-10H2,1H3,(H,18,19). The van der Waals surface area contributed by atoms with Crippen LogP contribution in [0, 0.1) is 0 Å². The molecule has 5 nitrogen and oxygen atoms in total. The minimum atomic E-state index is -1.12. The molecule has 0 heterocycles. The van der Waals surface area contributed by atoms with Crippen LogP contribution in [0.5, 0.6) is 0 Å². The molecule has 0 aliphatic rings. The molecule has 1 aromatic carbocycles. The van der Waals surface area contributed by atoms with Crippen molar-refractivity contribution in [2.45, 2.75) is 24.2 Å². The summed E-state index contributed by atoms with van der Waals surface area (Å²) in [6.45, 7) is 0.198. The van der Waals surface area contributed by atoms with Gasteiger partial charge in [-0.1, -0.05) is 15.9 Å². The molecule has 0 fully saturated rings. The number of carboxylic acids is 1. The summed E-state index contributed by atoms with van der Waals surface area (Å²) in [4.78, 5) is 24.3. The molecule has 1 aromatic rings. The summed E-state index contributed by atoms with van der Waals surface area (Å²) in [6, 6.07) is 7.25. The second-order valence-electron chi connectivity index (χ2n) is 4.57. The summed E-state index contributed by atoms with van der Waals surface area (Å²) in [5.74, 6) is -0.629. The van der Waals surface area contributed by atoms with E-state index in [9.17, 15) is 13.8 Å². The molecular weight excluding hydrogens is 358 g/mol. The molecule has 0 bridgehead atoms. The van der Waals surface area contributed by atoms with Gasteiger partial charge in [0.25, 0.3) is 0 Å². The zero-order valence-electron chi connectivity index (χ0n) is 11.8. The molecule has 116 valence electrons. The predicted molar refractivity (Wildman–Crippen MR) is 84.5 cm³/mol. The Morgan fingerprint density at radius 2 is 1.86 bits per heavy atom.